The van der Waals surface area contributed by atoms with Gasteiger partial charge in [-0.25, -0.2) is 13.6 Å². The number of rotatable bonds is 3. The molecule has 0 aliphatic heterocycles. The van der Waals surface area contributed by atoms with Crippen molar-refractivity contribution in [1.82, 2.24) is 4.57 Å². The van der Waals surface area contributed by atoms with E-state index in [1.165, 1.54) is 23.5 Å². The second-order valence-electron chi connectivity index (χ2n) is 3.63. The Labute approximate surface area is 113 Å². The zero-order valence-corrected chi connectivity index (χ0v) is 11.6. The number of primary sulfonamides is 1. The maximum Gasteiger partial charge on any atom is 0.238 e. The first-order valence-electron chi connectivity index (χ1n) is 4.87. The molecule has 1 aromatic carbocycles. The molecule has 0 radical (unpaired) electrons. The summed E-state index contributed by atoms with van der Waals surface area (Å²) in [5.74, 6) is 0.0977. The molecule has 0 atom stereocenters. The van der Waals surface area contributed by atoms with Crippen LogP contribution in [0.5, 0.6) is 5.88 Å². The fourth-order valence-electron chi connectivity index (χ4n) is 1.44. The summed E-state index contributed by atoms with van der Waals surface area (Å²) in [4.78, 5) is 0.0596. The van der Waals surface area contributed by atoms with Gasteiger partial charge in [0, 0.05) is 0 Å². The van der Waals surface area contributed by atoms with Gasteiger partial charge < -0.3 is 5.11 Å². The van der Waals surface area contributed by atoms with Gasteiger partial charge in [0.1, 0.15) is 0 Å². The first kappa shape index (κ1) is 13.2. The summed E-state index contributed by atoms with van der Waals surface area (Å²) in [5, 5.41) is 16.1. The lowest BCUT2D eigenvalue weighted by atomic mass is 10.2. The minimum absolute atomic E-state index is 0.0596. The second kappa shape index (κ2) is 4.81. The fourth-order valence-corrected chi connectivity index (χ4v) is 2.87. The van der Waals surface area contributed by atoms with Gasteiger partial charge in [0.25, 0.3) is 0 Å². The molecule has 3 N–H and O–H groups in total. The van der Waals surface area contributed by atoms with E-state index in [-0.39, 0.29) is 10.8 Å². The number of nitrogens with zero attached hydrogens (tertiary/aromatic N) is 1. The molecular formula is C10H10N2O3S3. The van der Waals surface area contributed by atoms with Crippen LogP contribution < -0.4 is 5.14 Å². The van der Waals surface area contributed by atoms with Crippen molar-refractivity contribution in [3.8, 4) is 5.88 Å². The van der Waals surface area contributed by atoms with E-state index in [0.29, 0.717) is 10.5 Å². The average Bonchev–Trinajstić information content (AvgIpc) is 2.60. The Morgan fingerprint density at radius 2 is 1.94 bits per heavy atom. The molecule has 0 aliphatic carbocycles. The van der Waals surface area contributed by atoms with Crippen LogP contribution in [0, 0.1) is 3.95 Å². The van der Waals surface area contributed by atoms with Crippen molar-refractivity contribution in [2.24, 2.45) is 5.14 Å². The number of hydrogen-bond acceptors (Lipinski definition) is 5. The van der Waals surface area contributed by atoms with Crippen LogP contribution in [-0.2, 0) is 16.6 Å². The summed E-state index contributed by atoms with van der Waals surface area (Å²) in [6.45, 7) is 0.388. The molecule has 0 unspecified atom stereocenters. The number of hydrogen-bond donors (Lipinski definition) is 2. The van der Waals surface area contributed by atoms with Gasteiger partial charge in [-0.15, -0.1) is 11.3 Å². The van der Waals surface area contributed by atoms with Gasteiger partial charge in [-0.1, -0.05) is 12.1 Å². The van der Waals surface area contributed by atoms with E-state index >= 15 is 0 Å². The summed E-state index contributed by atoms with van der Waals surface area (Å²) in [6, 6.07) is 6.13. The van der Waals surface area contributed by atoms with E-state index in [2.05, 4.69) is 0 Å². The van der Waals surface area contributed by atoms with Crippen molar-refractivity contribution in [2.75, 3.05) is 0 Å². The highest BCUT2D eigenvalue weighted by Gasteiger charge is 2.08. The third-order valence-electron chi connectivity index (χ3n) is 2.35. The molecule has 0 fully saturated rings. The van der Waals surface area contributed by atoms with E-state index in [1.54, 1.807) is 22.1 Å². The number of nitrogens with two attached hydrogens (primary N) is 1. The monoisotopic (exact) mass is 302 g/mol. The lowest BCUT2D eigenvalue weighted by Crippen LogP contribution is -2.12. The molecule has 1 aromatic heterocycles. The first-order valence-corrected chi connectivity index (χ1v) is 7.70. The summed E-state index contributed by atoms with van der Waals surface area (Å²) in [7, 11) is -3.67. The van der Waals surface area contributed by atoms with Gasteiger partial charge in [-0.3, -0.25) is 4.57 Å². The zero-order valence-electron chi connectivity index (χ0n) is 9.11. The van der Waals surface area contributed by atoms with Crippen LogP contribution >= 0.6 is 23.6 Å². The molecule has 0 saturated carbocycles. The quantitative estimate of drug-likeness (QED) is 0.845. The Kier molecular flexibility index (Phi) is 3.53. The molecule has 2 rings (SSSR count). The number of aromatic hydroxyl groups is 1. The van der Waals surface area contributed by atoms with Crippen molar-refractivity contribution < 1.29 is 13.5 Å². The maximum atomic E-state index is 11.1. The number of thiazole rings is 1. The van der Waals surface area contributed by atoms with Crippen molar-refractivity contribution in [3.63, 3.8) is 0 Å². The number of benzene rings is 1. The average molecular weight is 302 g/mol. The molecule has 0 amide bonds. The van der Waals surface area contributed by atoms with Gasteiger partial charge in [0.05, 0.1) is 16.8 Å². The standard InChI is InChI=1S/C10H10N2O3S3/c11-18(14,15)8-3-1-7(2-4-8)5-12-9(13)6-17-10(12)16/h1-4,6,13H,5H2,(H2,11,14,15). The molecule has 5 nitrogen and oxygen atoms in total. The smallest absolute Gasteiger partial charge is 0.238 e. The Hall–Kier alpha value is -1.22. The molecule has 18 heavy (non-hydrogen) atoms. The lowest BCUT2D eigenvalue weighted by molar-refractivity contribution is 0.423. The minimum Gasteiger partial charge on any atom is -0.494 e. The van der Waals surface area contributed by atoms with Gasteiger partial charge in [-0.2, -0.15) is 0 Å². The Morgan fingerprint density at radius 1 is 1.33 bits per heavy atom. The maximum absolute atomic E-state index is 11.1. The van der Waals surface area contributed by atoms with E-state index in [1.807, 2.05) is 0 Å². The van der Waals surface area contributed by atoms with E-state index < -0.39 is 10.0 Å². The predicted octanol–water partition coefficient (Wildman–Crippen LogP) is 1.68. The Bertz CT molecular complexity index is 714. The molecule has 2 aromatic rings. The normalized spacial score (nSPS) is 11.6. The highest BCUT2D eigenvalue weighted by atomic mass is 32.2. The van der Waals surface area contributed by atoms with Gasteiger partial charge in [0.15, 0.2) is 3.95 Å². The molecule has 8 heteroatoms. The first-order chi connectivity index (χ1) is 8.38. The molecular weight excluding hydrogens is 292 g/mol. The third-order valence-corrected chi connectivity index (χ3v) is 4.54. The SMILES string of the molecule is NS(=O)(=O)c1ccc(Cn2c(O)csc2=S)cc1. The topological polar surface area (TPSA) is 85.3 Å². The molecule has 1 heterocycles. The summed E-state index contributed by atoms with van der Waals surface area (Å²) >= 11 is 6.33. The van der Waals surface area contributed by atoms with Crippen molar-refractivity contribution in [1.29, 1.82) is 0 Å². The van der Waals surface area contributed by atoms with Gasteiger partial charge in [-0.05, 0) is 29.9 Å². The molecule has 0 aliphatic rings. The molecule has 0 saturated heterocycles. The van der Waals surface area contributed by atoms with E-state index in [0.717, 1.165) is 5.56 Å². The summed E-state index contributed by atoms with van der Waals surface area (Å²) in [6.07, 6.45) is 0. The fraction of sp³-hybridized carbons (Fsp3) is 0.100. The van der Waals surface area contributed by atoms with Crippen LogP contribution in [0.1, 0.15) is 5.56 Å². The van der Waals surface area contributed by atoms with Crippen LogP contribution in [-0.4, -0.2) is 18.1 Å². The molecule has 96 valence electrons. The van der Waals surface area contributed by atoms with Crippen LogP contribution in [0.25, 0.3) is 0 Å². The van der Waals surface area contributed by atoms with Gasteiger partial charge >= 0.3 is 0 Å². The number of aromatic nitrogens is 1. The Morgan fingerprint density at radius 3 is 2.39 bits per heavy atom. The highest BCUT2D eigenvalue weighted by Crippen LogP contribution is 2.19. The Balaban J connectivity index is 2.30. The third kappa shape index (κ3) is 2.78. The summed E-state index contributed by atoms with van der Waals surface area (Å²) < 4.78 is 24.3. The molecule has 0 bridgehead atoms. The minimum atomic E-state index is -3.67. The van der Waals surface area contributed by atoms with E-state index in [4.69, 9.17) is 17.4 Å². The van der Waals surface area contributed by atoms with Gasteiger partial charge in [0.2, 0.25) is 15.9 Å². The lowest BCUT2D eigenvalue weighted by Gasteiger charge is -2.05. The van der Waals surface area contributed by atoms with Crippen LogP contribution in [0.3, 0.4) is 0 Å². The second-order valence-corrected chi connectivity index (χ2v) is 6.70. The number of sulfonamides is 1. The van der Waals surface area contributed by atoms with E-state index in [9.17, 15) is 13.5 Å². The zero-order chi connectivity index (χ0) is 13.3. The van der Waals surface area contributed by atoms with Crippen molar-refractivity contribution in [3.05, 3.63) is 39.2 Å². The van der Waals surface area contributed by atoms with Crippen LogP contribution in [0.2, 0.25) is 0 Å². The summed E-state index contributed by atoms with van der Waals surface area (Å²) in [5.41, 5.74) is 0.826. The van der Waals surface area contributed by atoms with Crippen molar-refractivity contribution >= 4 is 33.6 Å². The predicted molar refractivity (Wildman–Crippen MR) is 71.7 cm³/mol. The largest absolute Gasteiger partial charge is 0.494 e. The highest BCUT2D eigenvalue weighted by molar-refractivity contribution is 7.89. The molecule has 0 spiro atoms. The van der Waals surface area contributed by atoms with Crippen LogP contribution in [0.4, 0.5) is 0 Å². The van der Waals surface area contributed by atoms with Crippen molar-refractivity contribution in [2.45, 2.75) is 11.4 Å². The van der Waals surface area contributed by atoms with Crippen LogP contribution in [0.15, 0.2) is 34.5 Å².